The van der Waals surface area contributed by atoms with Crippen molar-refractivity contribution in [1.29, 1.82) is 0 Å². The fraction of sp³-hybridized carbons (Fsp3) is 0.435. The van der Waals surface area contributed by atoms with E-state index in [1.807, 2.05) is 32.0 Å². The van der Waals surface area contributed by atoms with Crippen LogP contribution >= 0.6 is 11.6 Å². The Labute approximate surface area is 182 Å². The third kappa shape index (κ3) is 6.11. The molecule has 0 aromatic heterocycles. The number of ether oxygens (including phenoxy) is 4. The van der Waals surface area contributed by atoms with Gasteiger partial charge in [-0.15, -0.1) is 0 Å². The Kier molecular flexibility index (Phi) is 7.96. The van der Waals surface area contributed by atoms with Gasteiger partial charge >= 0.3 is 5.97 Å². The molecule has 0 N–H and O–H groups in total. The number of esters is 1. The van der Waals surface area contributed by atoms with Gasteiger partial charge in [0.25, 0.3) is 0 Å². The summed E-state index contributed by atoms with van der Waals surface area (Å²) in [7, 11) is 1.51. The lowest BCUT2D eigenvalue weighted by Crippen LogP contribution is -2.44. The summed E-state index contributed by atoms with van der Waals surface area (Å²) in [6, 6.07) is 13.4. The van der Waals surface area contributed by atoms with Gasteiger partial charge in [0.15, 0.2) is 11.5 Å². The third-order valence-electron chi connectivity index (χ3n) is 4.69. The Bertz CT molecular complexity index is 843. The summed E-state index contributed by atoms with van der Waals surface area (Å²) in [4.78, 5) is 14.9. The summed E-state index contributed by atoms with van der Waals surface area (Å²) in [6.45, 7) is 6.96. The summed E-state index contributed by atoms with van der Waals surface area (Å²) in [5.74, 6) is 0.332. The van der Waals surface area contributed by atoms with Crippen molar-refractivity contribution in [3.05, 3.63) is 58.6 Å². The van der Waals surface area contributed by atoms with E-state index in [4.69, 9.17) is 30.5 Å². The predicted octanol–water partition coefficient (Wildman–Crippen LogP) is 4.19. The molecule has 1 aliphatic heterocycles. The average Bonchev–Trinajstić information content (AvgIpc) is 2.74. The maximum absolute atomic E-state index is 12.6. The molecule has 0 unspecified atom stereocenters. The molecule has 1 saturated heterocycles. The van der Waals surface area contributed by atoms with Crippen molar-refractivity contribution in [3.63, 3.8) is 0 Å². The number of halogens is 1. The van der Waals surface area contributed by atoms with E-state index in [2.05, 4.69) is 17.0 Å². The number of hydrogen-bond acceptors (Lipinski definition) is 6. The number of morpholine rings is 1. The minimum atomic E-state index is -0.477. The molecule has 7 heteroatoms. The molecular weight excluding hydrogens is 406 g/mol. The SMILES string of the molecule is COc1cc(C(=O)OC[C@H]2CN(Cc3ccccc3)CCO2)cc(Cl)c1OC(C)C. The highest BCUT2D eigenvalue weighted by molar-refractivity contribution is 6.32. The minimum Gasteiger partial charge on any atom is -0.493 e. The zero-order valence-electron chi connectivity index (χ0n) is 17.6. The first-order valence-electron chi connectivity index (χ1n) is 10.1. The average molecular weight is 434 g/mol. The lowest BCUT2D eigenvalue weighted by atomic mass is 10.2. The molecule has 0 saturated carbocycles. The van der Waals surface area contributed by atoms with Crippen LogP contribution < -0.4 is 9.47 Å². The lowest BCUT2D eigenvalue weighted by molar-refractivity contribution is -0.0612. The summed E-state index contributed by atoms with van der Waals surface area (Å²) in [6.07, 6.45) is -0.246. The number of carbonyl (C=O) groups excluding carboxylic acids is 1. The number of nitrogens with zero attached hydrogens (tertiary/aromatic N) is 1. The van der Waals surface area contributed by atoms with Crippen LogP contribution in [-0.4, -0.2) is 56.5 Å². The van der Waals surface area contributed by atoms with E-state index >= 15 is 0 Å². The zero-order valence-corrected chi connectivity index (χ0v) is 18.4. The Balaban J connectivity index is 1.57. The van der Waals surface area contributed by atoms with Crippen molar-refractivity contribution in [1.82, 2.24) is 4.90 Å². The van der Waals surface area contributed by atoms with Gasteiger partial charge in [-0.25, -0.2) is 4.79 Å². The standard InChI is InChI=1S/C23H28ClNO5/c1-16(2)30-22-20(24)11-18(12-21(22)27-3)23(26)29-15-19-14-25(9-10-28-19)13-17-7-5-4-6-8-17/h4-8,11-12,16,19H,9-10,13-15H2,1-3H3/t19-/m1/s1. The number of benzene rings is 2. The fourth-order valence-electron chi connectivity index (χ4n) is 3.31. The van der Waals surface area contributed by atoms with Crippen LogP contribution in [-0.2, 0) is 16.0 Å². The van der Waals surface area contributed by atoms with Gasteiger partial charge in [-0.05, 0) is 31.5 Å². The lowest BCUT2D eigenvalue weighted by Gasteiger charge is -2.32. The van der Waals surface area contributed by atoms with E-state index in [0.717, 1.165) is 13.1 Å². The van der Waals surface area contributed by atoms with Gasteiger partial charge in [0.2, 0.25) is 0 Å². The van der Waals surface area contributed by atoms with Crippen LogP contribution in [0.25, 0.3) is 0 Å². The molecule has 1 aliphatic rings. The highest BCUT2D eigenvalue weighted by atomic mass is 35.5. The van der Waals surface area contributed by atoms with Crippen LogP contribution in [0, 0.1) is 0 Å². The Morgan fingerprint density at radius 2 is 2.03 bits per heavy atom. The van der Waals surface area contributed by atoms with Crippen LogP contribution in [0.5, 0.6) is 11.5 Å². The Hall–Kier alpha value is -2.28. The molecule has 0 bridgehead atoms. The monoisotopic (exact) mass is 433 g/mol. The quantitative estimate of drug-likeness (QED) is 0.582. The summed E-state index contributed by atoms with van der Waals surface area (Å²) in [5, 5.41) is 0.304. The van der Waals surface area contributed by atoms with Gasteiger partial charge in [-0.2, -0.15) is 0 Å². The molecule has 0 radical (unpaired) electrons. The maximum atomic E-state index is 12.6. The second-order valence-corrected chi connectivity index (χ2v) is 7.88. The normalized spacial score (nSPS) is 17.0. The van der Waals surface area contributed by atoms with Gasteiger partial charge in [0.05, 0.1) is 30.4 Å². The number of carbonyl (C=O) groups is 1. The first-order valence-corrected chi connectivity index (χ1v) is 10.4. The van der Waals surface area contributed by atoms with Crippen LogP contribution in [0.2, 0.25) is 5.02 Å². The van der Waals surface area contributed by atoms with Crippen molar-refractivity contribution >= 4 is 17.6 Å². The van der Waals surface area contributed by atoms with Crippen molar-refractivity contribution in [2.24, 2.45) is 0 Å². The molecule has 6 nitrogen and oxygen atoms in total. The van der Waals surface area contributed by atoms with Crippen LogP contribution in [0.1, 0.15) is 29.8 Å². The van der Waals surface area contributed by atoms with E-state index in [9.17, 15) is 4.79 Å². The van der Waals surface area contributed by atoms with Crippen LogP contribution in [0.3, 0.4) is 0 Å². The van der Waals surface area contributed by atoms with E-state index in [1.54, 1.807) is 6.07 Å². The summed E-state index contributed by atoms with van der Waals surface area (Å²) < 4.78 is 22.3. The molecule has 1 fully saturated rings. The van der Waals surface area contributed by atoms with Gasteiger partial charge in [0.1, 0.15) is 12.7 Å². The fourth-order valence-corrected chi connectivity index (χ4v) is 3.56. The second-order valence-electron chi connectivity index (χ2n) is 7.47. The molecule has 2 aromatic rings. The first kappa shape index (κ1) is 22.4. The van der Waals surface area contributed by atoms with Gasteiger partial charge in [-0.1, -0.05) is 41.9 Å². The van der Waals surface area contributed by atoms with Gasteiger partial charge in [-0.3, -0.25) is 4.90 Å². The Morgan fingerprint density at radius 1 is 1.27 bits per heavy atom. The summed E-state index contributed by atoms with van der Waals surface area (Å²) in [5.41, 5.74) is 1.56. The number of rotatable bonds is 8. The minimum absolute atomic E-state index is 0.0727. The van der Waals surface area contributed by atoms with Crippen molar-refractivity contribution in [2.45, 2.75) is 32.6 Å². The number of methoxy groups -OCH3 is 1. The van der Waals surface area contributed by atoms with Crippen LogP contribution in [0.4, 0.5) is 0 Å². The van der Waals surface area contributed by atoms with Gasteiger partial charge in [0, 0.05) is 19.6 Å². The third-order valence-corrected chi connectivity index (χ3v) is 4.97. The van der Waals surface area contributed by atoms with Crippen molar-refractivity contribution in [2.75, 3.05) is 33.4 Å². The molecule has 1 heterocycles. The molecule has 30 heavy (non-hydrogen) atoms. The number of hydrogen-bond donors (Lipinski definition) is 0. The molecular formula is C23H28ClNO5. The highest BCUT2D eigenvalue weighted by Crippen LogP contribution is 2.37. The van der Waals surface area contributed by atoms with Gasteiger partial charge < -0.3 is 18.9 Å². The molecule has 0 amide bonds. The largest absolute Gasteiger partial charge is 0.493 e. The van der Waals surface area contributed by atoms with E-state index in [0.29, 0.717) is 35.2 Å². The highest BCUT2D eigenvalue weighted by Gasteiger charge is 2.23. The predicted molar refractivity (Wildman–Crippen MR) is 116 cm³/mol. The molecule has 3 rings (SSSR count). The first-order chi connectivity index (χ1) is 14.5. The molecule has 1 atom stereocenters. The van der Waals surface area contributed by atoms with Crippen molar-refractivity contribution < 1.29 is 23.7 Å². The Morgan fingerprint density at radius 3 is 2.73 bits per heavy atom. The molecule has 162 valence electrons. The maximum Gasteiger partial charge on any atom is 0.338 e. The second kappa shape index (κ2) is 10.7. The molecule has 0 spiro atoms. The zero-order chi connectivity index (χ0) is 21.5. The topological polar surface area (TPSA) is 57.2 Å². The smallest absolute Gasteiger partial charge is 0.338 e. The van der Waals surface area contributed by atoms with Crippen molar-refractivity contribution in [3.8, 4) is 11.5 Å². The summed E-state index contributed by atoms with van der Waals surface area (Å²) >= 11 is 6.30. The van der Waals surface area contributed by atoms with Crippen LogP contribution in [0.15, 0.2) is 42.5 Å². The molecule has 2 aromatic carbocycles. The molecule has 0 aliphatic carbocycles. The van der Waals surface area contributed by atoms with E-state index in [1.165, 1.54) is 18.7 Å². The van der Waals surface area contributed by atoms with E-state index in [-0.39, 0.29) is 18.8 Å². The van der Waals surface area contributed by atoms with E-state index < -0.39 is 5.97 Å².